The maximum absolute atomic E-state index is 6.18. The van der Waals surface area contributed by atoms with Crippen LogP contribution in [0.15, 0.2) is 79.0 Å². The van der Waals surface area contributed by atoms with Crippen molar-refractivity contribution < 1.29 is 30.9 Å². The summed E-state index contributed by atoms with van der Waals surface area (Å²) in [6, 6.07) is 25.2. The average molecular weight is 505 g/mol. The second-order valence-corrected chi connectivity index (χ2v) is 8.94. The SMILES string of the molecule is COc1cc2c(cc1OCc1ccccc1)C[N+](C)(Cc1ccnc3ccccc13)CC2.[Br-]. The van der Waals surface area contributed by atoms with E-state index in [1.54, 1.807) is 7.11 Å². The van der Waals surface area contributed by atoms with Crippen molar-refractivity contribution in [1.29, 1.82) is 0 Å². The predicted octanol–water partition coefficient (Wildman–Crippen LogP) is 2.53. The van der Waals surface area contributed by atoms with Crippen molar-refractivity contribution in [3.8, 4) is 11.5 Å². The highest BCUT2D eigenvalue weighted by Gasteiger charge is 2.30. The van der Waals surface area contributed by atoms with Crippen LogP contribution in [-0.2, 0) is 26.1 Å². The van der Waals surface area contributed by atoms with Gasteiger partial charge in [-0.25, -0.2) is 0 Å². The standard InChI is InChI=1S/C28H29N2O2.BrH/c1-30(18-23-12-14-29-26-11-7-6-10-25(23)26)15-13-22-16-27(31-2)28(17-24(22)19-30)32-20-21-8-4-3-5-9-21;/h3-12,14,16-17H,13,15,18-20H2,1-2H3;1H/q+1;/p-1. The largest absolute Gasteiger partial charge is 1.00 e. The van der Waals surface area contributed by atoms with Gasteiger partial charge in [0.05, 0.1) is 26.2 Å². The number of likely N-dealkylation sites (N-methyl/N-ethyl adjacent to an activating group) is 1. The van der Waals surface area contributed by atoms with Crippen LogP contribution in [-0.4, -0.2) is 30.2 Å². The van der Waals surface area contributed by atoms with Gasteiger partial charge in [-0.05, 0) is 35.4 Å². The van der Waals surface area contributed by atoms with E-state index in [1.165, 1.54) is 22.1 Å². The van der Waals surface area contributed by atoms with E-state index in [4.69, 9.17) is 9.47 Å². The Bertz CT molecular complexity index is 1240. The van der Waals surface area contributed by atoms with Gasteiger partial charge in [0.1, 0.15) is 19.7 Å². The zero-order chi connectivity index (χ0) is 22.0. The molecule has 0 spiro atoms. The lowest BCUT2D eigenvalue weighted by Gasteiger charge is -2.39. The lowest BCUT2D eigenvalue weighted by atomic mass is 9.96. The summed E-state index contributed by atoms with van der Waals surface area (Å²) in [7, 11) is 4.07. The molecule has 1 unspecified atom stereocenters. The van der Waals surface area contributed by atoms with Crippen LogP contribution >= 0.6 is 0 Å². The first-order valence-electron chi connectivity index (χ1n) is 11.2. The third kappa shape index (κ3) is 5.05. The Labute approximate surface area is 206 Å². The van der Waals surface area contributed by atoms with Crippen molar-refractivity contribution in [2.75, 3.05) is 20.7 Å². The van der Waals surface area contributed by atoms with E-state index in [-0.39, 0.29) is 17.0 Å². The number of nitrogens with zero attached hydrogens (tertiary/aromatic N) is 2. The van der Waals surface area contributed by atoms with Gasteiger partial charge in [-0.1, -0.05) is 48.5 Å². The molecule has 1 aromatic heterocycles. The molecule has 2 heterocycles. The maximum Gasteiger partial charge on any atom is 0.162 e. The molecule has 1 atom stereocenters. The third-order valence-electron chi connectivity index (χ3n) is 6.49. The first kappa shape index (κ1) is 23.3. The minimum Gasteiger partial charge on any atom is -1.00 e. The van der Waals surface area contributed by atoms with E-state index in [9.17, 15) is 0 Å². The molecule has 5 rings (SSSR count). The van der Waals surface area contributed by atoms with Crippen LogP contribution in [0.4, 0.5) is 0 Å². The fraction of sp³-hybridized carbons (Fsp3) is 0.250. The molecule has 1 aliphatic rings. The van der Waals surface area contributed by atoms with Gasteiger partial charge in [0.15, 0.2) is 11.5 Å². The summed E-state index contributed by atoms with van der Waals surface area (Å²) >= 11 is 0. The molecule has 0 fully saturated rings. The molecule has 0 amide bonds. The third-order valence-corrected chi connectivity index (χ3v) is 6.49. The molecule has 0 N–H and O–H groups in total. The number of hydrogen-bond donors (Lipinski definition) is 0. The quantitative estimate of drug-likeness (QED) is 0.378. The fourth-order valence-electron chi connectivity index (χ4n) is 4.75. The minimum absolute atomic E-state index is 0. The molecule has 4 aromatic rings. The van der Waals surface area contributed by atoms with Crippen molar-refractivity contribution in [2.24, 2.45) is 0 Å². The lowest BCUT2D eigenvalue weighted by Crippen LogP contribution is -3.00. The van der Waals surface area contributed by atoms with E-state index in [0.29, 0.717) is 6.61 Å². The van der Waals surface area contributed by atoms with Gasteiger partial charge in [-0.15, -0.1) is 0 Å². The topological polar surface area (TPSA) is 31.4 Å². The number of pyridine rings is 1. The first-order valence-corrected chi connectivity index (χ1v) is 11.2. The Hall–Kier alpha value is -2.89. The summed E-state index contributed by atoms with van der Waals surface area (Å²) in [5.41, 5.74) is 6.29. The van der Waals surface area contributed by atoms with Gasteiger partial charge >= 0.3 is 0 Å². The Balaban J connectivity index is 0.00000259. The molecule has 0 bridgehead atoms. The van der Waals surface area contributed by atoms with Crippen LogP contribution in [0.1, 0.15) is 22.3 Å². The van der Waals surface area contributed by atoms with Crippen LogP contribution in [0.2, 0.25) is 0 Å². The molecule has 33 heavy (non-hydrogen) atoms. The molecule has 0 radical (unpaired) electrons. The second-order valence-electron chi connectivity index (χ2n) is 8.94. The molecule has 4 nitrogen and oxygen atoms in total. The number of aromatic nitrogens is 1. The van der Waals surface area contributed by atoms with Gasteiger partial charge in [0.2, 0.25) is 0 Å². The number of methoxy groups -OCH3 is 1. The number of hydrogen-bond acceptors (Lipinski definition) is 3. The van der Waals surface area contributed by atoms with Crippen molar-refractivity contribution in [1.82, 2.24) is 4.98 Å². The van der Waals surface area contributed by atoms with Crippen LogP contribution in [0.5, 0.6) is 11.5 Å². The number of rotatable bonds is 6. The van der Waals surface area contributed by atoms with Crippen molar-refractivity contribution in [3.05, 3.63) is 101 Å². The number of halogens is 1. The second kappa shape index (κ2) is 9.94. The lowest BCUT2D eigenvalue weighted by molar-refractivity contribution is -0.937. The molecule has 3 aromatic carbocycles. The maximum atomic E-state index is 6.18. The minimum atomic E-state index is 0. The summed E-state index contributed by atoms with van der Waals surface area (Å²) < 4.78 is 12.8. The Morgan fingerprint density at radius 1 is 0.909 bits per heavy atom. The van der Waals surface area contributed by atoms with E-state index in [0.717, 1.165) is 53.1 Å². The normalized spacial score (nSPS) is 17.2. The molecule has 0 saturated heterocycles. The highest BCUT2D eigenvalue weighted by atomic mass is 79.9. The monoisotopic (exact) mass is 504 g/mol. The van der Waals surface area contributed by atoms with Crippen LogP contribution < -0.4 is 26.5 Å². The van der Waals surface area contributed by atoms with Gasteiger partial charge in [-0.3, -0.25) is 4.98 Å². The van der Waals surface area contributed by atoms with Crippen molar-refractivity contribution in [2.45, 2.75) is 26.1 Å². The Morgan fingerprint density at radius 2 is 1.67 bits per heavy atom. The molecule has 170 valence electrons. The Morgan fingerprint density at radius 3 is 2.48 bits per heavy atom. The summed E-state index contributed by atoms with van der Waals surface area (Å²) in [5.74, 6) is 1.63. The van der Waals surface area contributed by atoms with Crippen molar-refractivity contribution in [3.63, 3.8) is 0 Å². The van der Waals surface area contributed by atoms with Crippen molar-refractivity contribution >= 4 is 10.9 Å². The summed E-state index contributed by atoms with van der Waals surface area (Å²) in [6.07, 6.45) is 2.96. The van der Waals surface area contributed by atoms with E-state index < -0.39 is 0 Å². The highest BCUT2D eigenvalue weighted by Crippen LogP contribution is 2.36. The van der Waals surface area contributed by atoms with Crippen LogP contribution in [0.3, 0.4) is 0 Å². The van der Waals surface area contributed by atoms with E-state index >= 15 is 0 Å². The molecular formula is C28H29BrN2O2. The molecule has 5 heteroatoms. The Kier molecular flexibility index (Phi) is 7.01. The number of ether oxygens (including phenoxy) is 2. The smallest absolute Gasteiger partial charge is 0.162 e. The predicted molar refractivity (Wildman–Crippen MR) is 128 cm³/mol. The summed E-state index contributed by atoms with van der Waals surface area (Å²) in [6.45, 7) is 3.58. The number of fused-ring (bicyclic) bond motifs is 2. The zero-order valence-electron chi connectivity index (χ0n) is 19.1. The summed E-state index contributed by atoms with van der Waals surface area (Å²) in [4.78, 5) is 4.53. The molecule has 0 aliphatic carbocycles. The summed E-state index contributed by atoms with van der Waals surface area (Å²) in [5, 5.41) is 1.25. The first-order chi connectivity index (χ1) is 15.6. The van der Waals surface area contributed by atoms with Crippen LogP contribution in [0, 0.1) is 0 Å². The number of benzene rings is 3. The van der Waals surface area contributed by atoms with Gasteiger partial charge in [0.25, 0.3) is 0 Å². The number of quaternary nitrogens is 1. The zero-order valence-corrected chi connectivity index (χ0v) is 20.7. The van der Waals surface area contributed by atoms with Gasteiger partial charge in [-0.2, -0.15) is 0 Å². The molecule has 1 aliphatic heterocycles. The van der Waals surface area contributed by atoms with Crippen LogP contribution in [0.25, 0.3) is 10.9 Å². The van der Waals surface area contributed by atoms with E-state index in [2.05, 4.69) is 66.6 Å². The molecule has 0 saturated carbocycles. The van der Waals surface area contributed by atoms with Gasteiger partial charge in [0, 0.05) is 29.1 Å². The van der Waals surface area contributed by atoms with E-state index in [1.807, 2.05) is 24.4 Å². The fourth-order valence-corrected chi connectivity index (χ4v) is 4.75. The molecular weight excluding hydrogens is 476 g/mol. The highest BCUT2D eigenvalue weighted by molar-refractivity contribution is 5.81. The van der Waals surface area contributed by atoms with Gasteiger partial charge < -0.3 is 30.9 Å². The average Bonchev–Trinajstić information content (AvgIpc) is 2.83. The number of para-hydroxylation sites is 1.